The van der Waals surface area contributed by atoms with E-state index in [1.807, 2.05) is 54.6 Å². The van der Waals surface area contributed by atoms with Crippen molar-refractivity contribution in [2.24, 2.45) is 0 Å². The van der Waals surface area contributed by atoms with Gasteiger partial charge in [-0.3, -0.25) is 0 Å². The van der Waals surface area contributed by atoms with Gasteiger partial charge in [0.15, 0.2) is 0 Å². The Bertz CT molecular complexity index is 1460. The summed E-state index contributed by atoms with van der Waals surface area (Å²) in [6.07, 6.45) is 3.53. The molecule has 40 heavy (non-hydrogen) atoms. The normalized spacial score (nSPS) is 12.4. The lowest BCUT2D eigenvalue weighted by Gasteiger charge is -2.20. The van der Waals surface area contributed by atoms with E-state index in [2.05, 4.69) is 19.9 Å². The summed E-state index contributed by atoms with van der Waals surface area (Å²) >= 11 is 0. The maximum atomic E-state index is 11.5. The number of rotatable bonds is 6. The number of hydrogen-bond acceptors (Lipinski definition) is 5. The van der Waals surface area contributed by atoms with Gasteiger partial charge >= 0.3 is 0 Å². The van der Waals surface area contributed by atoms with Crippen LogP contribution in [0.5, 0.6) is 23.0 Å². The van der Waals surface area contributed by atoms with E-state index in [-0.39, 0.29) is 11.5 Å². The zero-order chi connectivity index (χ0) is 28.1. The molecule has 0 radical (unpaired) electrons. The third-order valence-electron chi connectivity index (χ3n) is 7.38. The minimum Gasteiger partial charge on any atom is -0.507 e. The number of fused-ring (bicyclic) bond motifs is 8. The van der Waals surface area contributed by atoms with Crippen molar-refractivity contribution in [2.75, 3.05) is 13.2 Å². The van der Waals surface area contributed by atoms with E-state index in [9.17, 15) is 15.5 Å². The predicted octanol–water partition coefficient (Wildman–Crippen LogP) is 7.22. The molecular weight excluding hydrogens is 498 g/mol. The standard InChI is InChI=1S/C35H35NO4/c1-3-14-39-34-26-10-6-12-28(34)20-30-16-23(22-36)17-31(33(30)38)21-29-13-7-11-27(35(29)40-15-4-2)19-25-9-5-8-24(18-26)32(25)37/h5-13,16-17,37-38H,3-4,14-15,18-21H2,1-2H3. The van der Waals surface area contributed by atoms with Crippen LogP contribution in [0.25, 0.3) is 0 Å². The Kier molecular flexibility index (Phi) is 8.26. The smallest absolute Gasteiger partial charge is 0.126 e. The summed E-state index contributed by atoms with van der Waals surface area (Å²) in [6.45, 7) is 5.25. The van der Waals surface area contributed by atoms with Crippen LogP contribution in [-0.2, 0) is 25.7 Å². The number of ether oxygens (including phenoxy) is 2. The first-order valence-corrected chi connectivity index (χ1v) is 14.0. The number of nitrogens with zero attached hydrogens (tertiary/aromatic N) is 1. The second-order valence-electron chi connectivity index (χ2n) is 10.4. The molecule has 0 fully saturated rings. The van der Waals surface area contributed by atoms with E-state index >= 15 is 0 Å². The van der Waals surface area contributed by atoms with Crippen molar-refractivity contribution in [3.8, 4) is 29.1 Å². The van der Waals surface area contributed by atoms with Crippen molar-refractivity contribution in [1.29, 1.82) is 5.26 Å². The highest BCUT2D eigenvalue weighted by Gasteiger charge is 2.20. The van der Waals surface area contributed by atoms with Crippen LogP contribution in [0.2, 0.25) is 0 Å². The fraction of sp³-hybridized carbons (Fsp3) is 0.286. The van der Waals surface area contributed by atoms with E-state index in [0.29, 0.717) is 55.6 Å². The second-order valence-corrected chi connectivity index (χ2v) is 10.4. The van der Waals surface area contributed by atoms with Gasteiger partial charge in [0, 0.05) is 25.7 Å². The van der Waals surface area contributed by atoms with Gasteiger partial charge in [-0.1, -0.05) is 68.4 Å². The van der Waals surface area contributed by atoms with Gasteiger partial charge < -0.3 is 19.7 Å². The van der Waals surface area contributed by atoms with Crippen molar-refractivity contribution >= 4 is 0 Å². The third-order valence-corrected chi connectivity index (χ3v) is 7.38. The summed E-state index contributed by atoms with van der Waals surface area (Å²) in [7, 11) is 0. The molecule has 0 amide bonds. The van der Waals surface area contributed by atoms with E-state index in [0.717, 1.165) is 57.7 Å². The molecule has 4 aromatic rings. The molecule has 0 spiro atoms. The Balaban J connectivity index is 1.74. The second kappa shape index (κ2) is 12.2. The third kappa shape index (κ3) is 5.62. The van der Waals surface area contributed by atoms with E-state index in [1.54, 1.807) is 12.1 Å². The largest absolute Gasteiger partial charge is 0.507 e. The number of para-hydroxylation sites is 3. The van der Waals surface area contributed by atoms with Crippen LogP contribution in [0.4, 0.5) is 0 Å². The molecule has 0 aromatic heterocycles. The van der Waals surface area contributed by atoms with Crippen molar-refractivity contribution in [3.63, 3.8) is 0 Å². The molecule has 0 saturated heterocycles. The van der Waals surface area contributed by atoms with Crippen LogP contribution in [0, 0.1) is 11.3 Å². The van der Waals surface area contributed by atoms with Gasteiger partial charge in [-0.15, -0.1) is 0 Å². The topological polar surface area (TPSA) is 82.7 Å². The van der Waals surface area contributed by atoms with Gasteiger partial charge in [0.1, 0.15) is 23.0 Å². The molecule has 0 saturated carbocycles. The first-order chi connectivity index (χ1) is 19.5. The van der Waals surface area contributed by atoms with Crippen molar-refractivity contribution in [1.82, 2.24) is 0 Å². The van der Waals surface area contributed by atoms with Gasteiger partial charge in [-0.05, 0) is 69.5 Å². The SMILES string of the molecule is CCCOc1c2cccc1Cc1cc(C#N)cc(c1O)Cc1cccc(c1OCCC)Cc1cccc(c1O)C2. The lowest BCUT2D eigenvalue weighted by Crippen LogP contribution is -2.07. The first-order valence-electron chi connectivity index (χ1n) is 14.0. The Morgan fingerprint density at radius 1 is 0.600 bits per heavy atom. The predicted molar refractivity (Wildman–Crippen MR) is 157 cm³/mol. The van der Waals surface area contributed by atoms with Crippen molar-refractivity contribution in [2.45, 2.75) is 52.4 Å². The van der Waals surface area contributed by atoms with Crippen LogP contribution in [0.3, 0.4) is 0 Å². The molecule has 5 rings (SSSR count). The van der Waals surface area contributed by atoms with Gasteiger partial charge in [-0.2, -0.15) is 5.26 Å². The van der Waals surface area contributed by atoms with Crippen LogP contribution in [-0.4, -0.2) is 23.4 Å². The maximum Gasteiger partial charge on any atom is 0.126 e. The van der Waals surface area contributed by atoms with Crippen LogP contribution in [0.1, 0.15) is 76.8 Å². The first kappa shape index (κ1) is 27.1. The number of phenolic OH excluding ortho intramolecular Hbond substituents is 2. The van der Waals surface area contributed by atoms with Gasteiger partial charge in [0.2, 0.25) is 0 Å². The quantitative estimate of drug-likeness (QED) is 0.241. The minimum atomic E-state index is 0.188. The molecule has 1 aliphatic rings. The highest BCUT2D eigenvalue weighted by Crippen LogP contribution is 2.38. The lowest BCUT2D eigenvalue weighted by atomic mass is 9.90. The van der Waals surface area contributed by atoms with Crippen LogP contribution >= 0.6 is 0 Å². The molecule has 204 valence electrons. The Morgan fingerprint density at radius 3 is 1.32 bits per heavy atom. The number of phenols is 2. The lowest BCUT2D eigenvalue weighted by molar-refractivity contribution is 0.311. The van der Waals surface area contributed by atoms with Crippen LogP contribution in [0.15, 0.2) is 66.7 Å². The molecule has 0 atom stereocenters. The Labute approximate surface area is 236 Å². The fourth-order valence-electron chi connectivity index (χ4n) is 5.46. The van der Waals surface area contributed by atoms with Gasteiger partial charge in [-0.25, -0.2) is 0 Å². The summed E-state index contributed by atoms with van der Waals surface area (Å²) in [4.78, 5) is 0. The molecule has 1 aliphatic carbocycles. The molecule has 5 nitrogen and oxygen atoms in total. The van der Waals surface area contributed by atoms with Gasteiger partial charge in [0.05, 0.1) is 24.8 Å². The van der Waals surface area contributed by atoms with E-state index in [4.69, 9.17) is 9.47 Å². The minimum absolute atomic E-state index is 0.188. The van der Waals surface area contributed by atoms with Crippen molar-refractivity contribution in [3.05, 3.63) is 117 Å². The van der Waals surface area contributed by atoms with Crippen LogP contribution < -0.4 is 9.47 Å². The summed E-state index contributed by atoms with van der Waals surface area (Å²) in [5.74, 6) is 2.01. The number of nitriles is 1. The van der Waals surface area contributed by atoms with Crippen molar-refractivity contribution < 1.29 is 19.7 Å². The van der Waals surface area contributed by atoms with E-state index in [1.165, 1.54) is 0 Å². The zero-order valence-corrected chi connectivity index (χ0v) is 23.2. The Hall–Kier alpha value is -4.43. The summed E-state index contributed by atoms with van der Waals surface area (Å²) in [6, 6.07) is 23.8. The molecule has 0 unspecified atom stereocenters. The molecule has 8 bridgehead atoms. The average Bonchev–Trinajstić information content (AvgIpc) is 2.96. The molecule has 2 N–H and O–H groups in total. The number of hydrogen-bond donors (Lipinski definition) is 2. The molecule has 4 aromatic carbocycles. The summed E-state index contributed by atoms with van der Waals surface area (Å²) < 4.78 is 12.6. The zero-order valence-electron chi connectivity index (χ0n) is 23.2. The highest BCUT2D eigenvalue weighted by molar-refractivity contribution is 5.57. The highest BCUT2D eigenvalue weighted by atomic mass is 16.5. The summed E-state index contributed by atoms with van der Waals surface area (Å²) in [5.41, 5.74) is 7.31. The number of aromatic hydroxyl groups is 2. The monoisotopic (exact) mass is 533 g/mol. The maximum absolute atomic E-state index is 11.5. The van der Waals surface area contributed by atoms with Gasteiger partial charge in [0.25, 0.3) is 0 Å². The molecule has 0 aliphatic heterocycles. The number of benzene rings is 4. The summed E-state index contributed by atoms with van der Waals surface area (Å²) in [5, 5.41) is 32.7. The molecule has 0 heterocycles. The average molecular weight is 534 g/mol. The molecule has 5 heteroatoms. The van der Waals surface area contributed by atoms with E-state index < -0.39 is 0 Å². The molecular formula is C35H35NO4. The fourth-order valence-corrected chi connectivity index (χ4v) is 5.46. The Morgan fingerprint density at radius 2 is 0.950 bits per heavy atom.